The number of aryl methyl sites for hydroxylation is 2. The number of benzene rings is 4. The number of fused-ring (bicyclic) bond motifs is 1. The van der Waals surface area contributed by atoms with Gasteiger partial charge in [0.25, 0.3) is 5.91 Å². The number of unbranched alkanes of at least 4 members (excludes halogenated alkanes) is 1. The number of nitrogens with one attached hydrogen (secondary N) is 1. The number of hydrogen-bond donors (Lipinski definition) is 1. The van der Waals surface area contributed by atoms with Crippen LogP contribution in [0.1, 0.15) is 41.4 Å². The number of carbonyl (C=O) groups is 2. The number of nitrogens with zero attached hydrogens (tertiary/aromatic N) is 3. The molecule has 5 rings (SSSR count). The van der Waals surface area contributed by atoms with Crippen LogP contribution < -0.4 is 5.32 Å². The van der Waals surface area contributed by atoms with Gasteiger partial charge in [-0.15, -0.1) is 0 Å². The summed E-state index contributed by atoms with van der Waals surface area (Å²) in [4.78, 5) is 28.9. The zero-order chi connectivity index (χ0) is 28.1. The summed E-state index contributed by atoms with van der Waals surface area (Å²) in [5.41, 5.74) is 5.13. The summed E-state index contributed by atoms with van der Waals surface area (Å²) in [5.74, 6) is 0.176. The van der Waals surface area contributed by atoms with E-state index in [4.69, 9.17) is 5.10 Å². The van der Waals surface area contributed by atoms with Crippen LogP contribution in [0.25, 0.3) is 27.6 Å². The maximum atomic E-state index is 13.6. The lowest BCUT2D eigenvalue weighted by Crippen LogP contribution is -2.39. The molecule has 0 bridgehead atoms. The van der Waals surface area contributed by atoms with Crippen LogP contribution in [0, 0.1) is 13.8 Å². The van der Waals surface area contributed by atoms with Crippen LogP contribution in [0.3, 0.4) is 0 Å². The molecule has 0 atom stereocenters. The standard InChI is InChI=1S/C34H34N4O2/c1-4-5-21-37(34(40)29-20-19-26-14-10-11-17-28(26)22-29)23-31(39)35-33-32(27-15-7-6-8-16-27)25(3)36-38(33)30-18-12-9-13-24(30)2/h6-20,22H,4-5,21,23H2,1-3H3,(H,35,39). The number of carbonyl (C=O) groups excluding carboxylic acids is 2. The van der Waals surface area contributed by atoms with Crippen LogP contribution in [0.2, 0.25) is 0 Å². The average Bonchev–Trinajstić information content (AvgIpc) is 3.30. The maximum absolute atomic E-state index is 13.6. The van der Waals surface area contributed by atoms with E-state index in [9.17, 15) is 9.59 Å². The highest BCUT2D eigenvalue weighted by Crippen LogP contribution is 2.34. The molecule has 6 nitrogen and oxygen atoms in total. The van der Waals surface area contributed by atoms with Gasteiger partial charge in [0.1, 0.15) is 12.4 Å². The highest BCUT2D eigenvalue weighted by molar-refractivity contribution is 6.02. The fourth-order valence-corrected chi connectivity index (χ4v) is 5.02. The van der Waals surface area contributed by atoms with E-state index < -0.39 is 0 Å². The van der Waals surface area contributed by atoms with Gasteiger partial charge >= 0.3 is 0 Å². The molecular weight excluding hydrogens is 496 g/mol. The highest BCUT2D eigenvalue weighted by Gasteiger charge is 2.24. The van der Waals surface area contributed by atoms with E-state index in [1.165, 1.54) is 0 Å². The second-order valence-corrected chi connectivity index (χ2v) is 10.1. The molecule has 1 N–H and O–H groups in total. The first-order valence-electron chi connectivity index (χ1n) is 13.7. The summed E-state index contributed by atoms with van der Waals surface area (Å²) >= 11 is 0. The molecule has 6 heteroatoms. The van der Waals surface area contributed by atoms with Crippen molar-refractivity contribution in [3.63, 3.8) is 0 Å². The van der Waals surface area contributed by atoms with Crippen molar-refractivity contribution in [3.05, 3.63) is 114 Å². The Bertz CT molecular complexity index is 1660. The second kappa shape index (κ2) is 12.0. The number of rotatable bonds is 9. The summed E-state index contributed by atoms with van der Waals surface area (Å²) in [6.07, 6.45) is 1.72. The van der Waals surface area contributed by atoms with Gasteiger partial charge in [0.2, 0.25) is 5.91 Å². The lowest BCUT2D eigenvalue weighted by atomic mass is 10.1. The first-order chi connectivity index (χ1) is 19.5. The topological polar surface area (TPSA) is 67.2 Å². The van der Waals surface area contributed by atoms with Crippen LogP contribution in [-0.2, 0) is 4.79 Å². The predicted octanol–water partition coefficient (Wildman–Crippen LogP) is 7.19. The van der Waals surface area contributed by atoms with Gasteiger partial charge in [-0.3, -0.25) is 9.59 Å². The fourth-order valence-electron chi connectivity index (χ4n) is 5.02. The molecule has 4 aromatic carbocycles. The van der Waals surface area contributed by atoms with Crippen LogP contribution in [0.4, 0.5) is 5.82 Å². The van der Waals surface area contributed by atoms with Gasteiger partial charge in [0.15, 0.2) is 0 Å². The molecular formula is C34H34N4O2. The molecule has 5 aromatic rings. The monoisotopic (exact) mass is 530 g/mol. The van der Waals surface area contributed by atoms with Gasteiger partial charge in [-0.25, -0.2) is 4.68 Å². The fraction of sp³-hybridized carbons (Fsp3) is 0.206. The number of para-hydroxylation sites is 1. The van der Waals surface area contributed by atoms with E-state index >= 15 is 0 Å². The summed E-state index contributed by atoms with van der Waals surface area (Å²) < 4.78 is 1.80. The van der Waals surface area contributed by atoms with E-state index in [0.29, 0.717) is 17.9 Å². The Hall–Kier alpha value is -4.71. The van der Waals surface area contributed by atoms with Crippen LogP contribution in [0.15, 0.2) is 97.1 Å². The Morgan fingerprint density at radius 1 is 0.850 bits per heavy atom. The Morgan fingerprint density at radius 3 is 2.30 bits per heavy atom. The minimum absolute atomic E-state index is 0.0576. The zero-order valence-electron chi connectivity index (χ0n) is 23.2. The molecule has 0 aliphatic carbocycles. The summed E-state index contributed by atoms with van der Waals surface area (Å²) in [6.45, 7) is 6.49. The van der Waals surface area contributed by atoms with Gasteiger partial charge in [-0.2, -0.15) is 5.10 Å². The van der Waals surface area contributed by atoms with E-state index in [2.05, 4.69) is 12.2 Å². The Morgan fingerprint density at radius 2 is 1.55 bits per heavy atom. The van der Waals surface area contributed by atoms with Crippen molar-refractivity contribution in [2.45, 2.75) is 33.6 Å². The predicted molar refractivity (Wildman–Crippen MR) is 162 cm³/mol. The van der Waals surface area contributed by atoms with Crippen LogP contribution in [-0.4, -0.2) is 39.6 Å². The Balaban J connectivity index is 1.47. The molecule has 202 valence electrons. The van der Waals surface area contributed by atoms with E-state index in [1.807, 2.05) is 111 Å². The maximum Gasteiger partial charge on any atom is 0.254 e. The summed E-state index contributed by atoms with van der Waals surface area (Å²) in [6, 6.07) is 31.5. The molecule has 0 radical (unpaired) electrons. The lowest BCUT2D eigenvalue weighted by Gasteiger charge is -2.23. The van der Waals surface area contributed by atoms with Crippen molar-refractivity contribution in [1.82, 2.24) is 14.7 Å². The van der Waals surface area contributed by atoms with Gasteiger partial charge < -0.3 is 10.2 Å². The lowest BCUT2D eigenvalue weighted by molar-refractivity contribution is -0.116. The second-order valence-electron chi connectivity index (χ2n) is 10.1. The molecule has 0 aliphatic heterocycles. The van der Waals surface area contributed by atoms with Gasteiger partial charge in [-0.1, -0.05) is 92.2 Å². The largest absolute Gasteiger partial charge is 0.329 e. The molecule has 1 aromatic heterocycles. The molecule has 0 unspecified atom stereocenters. The van der Waals surface area contributed by atoms with E-state index in [-0.39, 0.29) is 18.4 Å². The van der Waals surface area contributed by atoms with Crippen LogP contribution >= 0.6 is 0 Å². The summed E-state index contributed by atoms with van der Waals surface area (Å²) in [5, 5.41) is 10.0. The third-order valence-electron chi connectivity index (χ3n) is 7.12. The van der Waals surface area contributed by atoms with E-state index in [1.54, 1.807) is 9.58 Å². The van der Waals surface area contributed by atoms with E-state index in [0.717, 1.165) is 51.7 Å². The molecule has 0 spiro atoms. The van der Waals surface area contributed by atoms with Crippen molar-refractivity contribution in [1.29, 1.82) is 0 Å². The van der Waals surface area contributed by atoms with Crippen molar-refractivity contribution in [2.24, 2.45) is 0 Å². The van der Waals surface area contributed by atoms with Gasteiger partial charge in [-0.05, 0) is 60.4 Å². The molecule has 2 amide bonds. The SMILES string of the molecule is CCCCN(CC(=O)Nc1c(-c2ccccc2)c(C)nn1-c1ccccc1C)C(=O)c1ccc2ccccc2c1. The average molecular weight is 531 g/mol. The van der Waals surface area contributed by atoms with Crippen molar-refractivity contribution < 1.29 is 9.59 Å². The normalized spacial score (nSPS) is 11.0. The Kier molecular flexibility index (Phi) is 8.06. The smallest absolute Gasteiger partial charge is 0.254 e. The molecule has 0 saturated heterocycles. The first kappa shape index (κ1) is 26.9. The number of amides is 2. The molecule has 0 aliphatic rings. The minimum Gasteiger partial charge on any atom is -0.329 e. The van der Waals surface area contributed by atoms with Crippen molar-refractivity contribution in [2.75, 3.05) is 18.4 Å². The number of aromatic nitrogens is 2. The Labute approximate surface area is 235 Å². The zero-order valence-corrected chi connectivity index (χ0v) is 23.2. The third-order valence-corrected chi connectivity index (χ3v) is 7.12. The molecule has 40 heavy (non-hydrogen) atoms. The minimum atomic E-state index is -0.267. The molecule has 0 fully saturated rings. The van der Waals surface area contributed by atoms with Crippen molar-refractivity contribution >= 4 is 28.4 Å². The van der Waals surface area contributed by atoms with Crippen LogP contribution in [0.5, 0.6) is 0 Å². The summed E-state index contributed by atoms with van der Waals surface area (Å²) in [7, 11) is 0. The molecule has 0 saturated carbocycles. The van der Waals surface area contributed by atoms with Gasteiger partial charge in [0, 0.05) is 17.7 Å². The molecule has 1 heterocycles. The number of anilines is 1. The number of hydrogen-bond acceptors (Lipinski definition) is 3. The quantitative estimate of drug-likeness (QED) is 0.219. The van der Waals surface area contributed by atoms with Crippen molar-refractivity contribution in [3.8, 4) is 16.8 Å². The first-order valence-corrected chi connectivity index (χ1v) is 13.7. The van der Waals surface area contributed by atoms with Gasteiger partial charge in [0.05, 0.1) is 11.4 Å². The third kappa shape index (κ3) is 5.66. The highest BCUT2D eigenvalue weighted by atomic mass is 16.2.